The van der Waals surface area contributed by atoms with Crippen molar-refractivity contribution in [1.82, 2.24) is 14.2 Å². The number of benzene rings is 1. The zero-order valence-corrected chi connectivity index (χ0v) is 19.1. The molecule has 0 bridgehead atoms. The quantitative estimate of drug-likeness (QED) is 0.610. The lowest BCUT2D eigenvalue weighted by Crippen LogP contribution is -2.36. The van der Waals surface area contributed by atoms with Crippen LogP contribution in [0.5, 0.6) is 0 Å². The number of carbonyl (C=O) groups is 1. The van der Waals surface area contributed by atoms with Crippen molar-refractivity contribution in [2.45, 2.75) is 31.7 Å². The lowest BCUT2D eigenvalue weighted by atomic mass is 10.1. The maximum atomic E-state index is 13.1. The minimum absolute atomic E-state index is 0.0145. The monoisotopic (exact) mass is 464 g/mol. The van der Waals surface area contributed by atoms with E-state index in [2.05, 4.69) is 10.2 Å². The van der Waals surface area contributed by atoms with Crippen LogP contribution in [0.25, 0.3) is 0 Å². The molecule has 0 saturated carbocycles. The molecule has 10 heteroatoms. The zero-order valence-electron chi connectivity index (χ0n) is 18.3. The molecule has 1 atom stereocenters. The normalized spacial score (nSPS) is 16.5. The van der Waals surface area contributed by atoms with Gasteiger partial charge in [-0.05, 0) is 42.7 Å². The molecule has 0 spiro atoms. The van der Waals surface area contributed by atoms with E-state index in [4.69, 9.17) is 0 Å². The van der Waals surface area contributed by atoms with Gasteiger partial charge in [-0.15, -0.1) is 0 Å². The predicted molar refractivity (Wildman–Crippen MR) is 121 cm³/mol. The van der Waals surface area contributed by atoms with E-state index in [-0.39, 0.29) is 29.1 Å². The standard InChI is InChI=1S/C22H29FN4O4S/c1-3-27(4-2)32(30,31)20-9-10-22(29)26(15-20)16-21(28)24-13-17-11-12-25(14-17)19-7-5-18(23)6-8-19/h5-10,15,17H,3-4,11-14,16H2,1-2H3,(H,24,28). The third-order valence-electron chi connectivity index (χ3n) is 5.68. The summed E-state index contributed by atoms with van der Waals surface area (Å²) in [5.74, 6) is -0.402. The molecule has 1 amide bonds. The minimum atomic E-state index is -3.72. The molecule has 1 aromatic heterocycles. The number of anilines is 1. The van der Waals surface area contributed by atoms with E-state index in [0.29, 0.717) is 19.6 Å². The number of carbonyl (C=O) groups excluding carboxylic acids is 1. The van der Waals surface area contributed by atoms with Crippen molar-refractivity contribution >= 4 is 21.6 Å². The molecule has 1 unspecified atom stereocenters. The number of pyridine rings is 1. The highest BCUT2D eigenvalue weighted by molar-refractivity contribution is 7.89. The van der Waals surface area contributed by atoms with Gasteiger partial charge in [-0.2, -0.15) is 4.31 Å². The van der Waals surface area contributed by atoms with Crippen LogP contribution in [0.4, 0.5) is 10.1 Å². The van der Waals surface area contributed by atoms with Gasteiger partial charge in [0.25, 0.3) is 5.56 Å². The number of rotatable bonds is 9. The van der Waals surface area contributed by atoms with Gasteiger partial charge in [-0.3, -0.25) is 9.59 Å². The van der Waals surface area contributed by atoms with Gasteiger partial charge >= 0.3 is 0 Å². The fourth-order valence-electron chi connectivity index (χ4n) is 3.85. The Labute approximate surface area is 187 Å². The van der Waals surface area contributed by atoms with Crippen LogP contribution in [-0.4, -0.2) is 55.9 Å². The molecule has 1 aromatic carbocycles. The van der Waals surface area contributed by atoms with E-state index in [9.17, 15) is 22.4 Å². The summed E-state index contributed by atoms with van der Waals surface area (Å²) in [6.45, 7) is 5.86. The molecule has 3 rings (SSSR count). The summed E-state index contributed by atoms with van der Waals surface area (Å²) in [5.41, 5.74) is 0.500. The van der Waals surface area contributed by atoms with Gasteiger partial charge < -0.3 is 14.8 Å². The highest BCUT2D eigenvalue weighted by Gasteiger charge is 2.24. The number of amides is 1. The van der Waals surface area contributed by atoms with Crippen molar-refractivity contribution in [3.63, 3.8) is 0 Å². The summed E-state index contributed by atoms with van der Waals surface area (Å²) in [6, 6.07) is 8.77. The van der Waals surface area contributed by atoms with Crippen LogP contribution in [0, 0.1) is 11.7 Å². The first kappa shape index (κ1) is 23.9. The highest BCUT2D eigenvalue weighted by atomic mass is 32.2. The fourth-order valence-corrected chi connectivity index (χ4v) is 5.33. The Bertz CT molecular complexity index is 1100. The van der Waals surface area contributed by atoms with E-state index in [0.717, 1.165) is 29.8 Å². The third-order valence-corrected chi connectivity index (χ3v) is 7.71. The van der Waals surface area contributed by atoms with Crippen LogP contribution in [0.1, 0.15) is 20.3 Å². The summed E-state index contributed by atoms with van der Waals surface area (Å²) in [6.07, 6.45) is 2.11. The van der Waals surface area contributed by atoms with Gasteiger partial charge in [-0.25, -0.2) is 12.8 Å². The maximum Gasteiger partial charge on any atom is 0.251 e. The van der Waals surface area contributed by atoms with Crippen LogP contribution in [0.3, 0.4) is 0 Å². The Morgan fingerprint density at radius 2 is 1.84 bits per heavy atom. The van der Waals surface area contributed by atoms with Crippen molar-refractivity contribution in [1.29, 1.82) is 0 Å². The Kier molecular flexibility index (Phi) is 7.68. The Hall–Kier alpha value is -2.72. The largest absolute Gasteiger partial charge is 0.371 e. The van der Waals surface area contributed by atoms with Crippen LogP contribution in [0.15, 0.2) is 52.3 Å². The maximum absolute atomic E-state index is 13.1. The molecule has 1 saturated heterocycles. The third kappa shape index (κ3) is 5.55. The summed E-state index contributed by atoms with van der Waals surface area (Å²) >= 11 is 0. The molecule has 2 aromatic rings. The minimum Gasteiger partial charge on any atom is -0.371 e. The number of nitrogens with one attached hydrogen (secondary N) is 1. The fraction of sp³-hybridized carbons (Fsp3) is 0.455. The summed E-state index contributed by atoms with van der Waals surface area (Å²) < 4.78 is 40.9. The van der Waals surface area contributed by atoms with Crippen LogP contribution in [0.2, 0.25) is 0 Å². The first-order valence-electron chi connectivity index (χ1n) is 10.7. The van der Waals surface area contributed by atoms with Crippen molar-refractivity contribution < 1.29 is 17.6 Å². The van der Waals surface area contributed by atoms with Gasteiger partial charge in [0.15, 0.2) is 0 Å². The lowest BCUT2D eigenvalue weighted by molar-refractivity contribution is -0.121. The molecule has 1 N–H and O–H groups in total. The highest BCUT2D eigenvalue weighted by Crippen LogP contribution is 2.23. The van der Waals surface area contributed by atoms with Gasteiger partial charge in [0.05, 0.1) is 4.90 Å². The number of aromatic nitrogens is 1. The molecule has 32 heavy (non-hydrogen) atoms. The summed E-state index contributed by atoms with van der Waals surface area (Å²) in [5, 5.41) is 2.84. The lowest BCUT2D eigenvalue weighted by Gasteiger charge is -2.19. The topological polar surface area (TPSA) is 91.7 Å². The number of nitrogens with zero attached hydrogens (tertiary/aromatic N) is 3. The molecule has 2 heterocycles. The molecule has 1 aliphatic rings. The van der Waals surface area contributed by atoms with Crippen molar-refractivity contribution in [3.8, 4) is 0 Å². The smallest absolute Gasteiger partial charge is 0.251 e. The summed E-state index contributed by atoms with van der Waals surface area (Å²) in [7, 11) is -3.72. The van der Waals surface area contributed by atoms with Crippen molar-refractivity contribution in [3.05, 3.63) is 58.8 Å². The van der Waals surface area contributed by atoms with Gasteiger partial charge in [0.1, 0.15) is 12.4 Å². The predicted octanol–water partition coefficient (Wildman–Crippen LogP) is 1.66. The first-order chi connectivity index (χ1) is 15.2. The van der Waals surface area contributed by atoms with E-state index >= 15 is 0 Å². The van der Waals surface area contributed by atoms with Crippen LogP contribution in [-0.2, 0) is 21.4 Å². The average Bonchev–Trinajstić information content (AvgIpc) is 3.24. The van der Waals surface area contributed by atoms with Crippen molar-refractivity contribution in [2.24, 2.45) is 5.92 Å². The second-order valence-corrected chi connectivity index (χ2v) is 9.74. The van der Waals surface area contributed by atoms with E-state index in [1.54, 1.807) is 26.0 Å². The van der Waals surface area contributed by atoms with Crippen molar-refractivity contribution in [2.75, 3.05) is 37.6 Å². The molecular weight excluding hydrogens is 435 g/mol. The molecule has 174 valence electrons. The molecule has 1 fully saturated rings. The molecule has 1 aliphatic heterocycles. The van der Waals surface area contributed by atoms with E-state index in [1.165, 1.54) is 34.8 Å². The molecule has 0 aliphatic carbocycles. The van der Waals surface area contributed by atoms with Gasteiger partial charge in [0, 0.05) is 50.7 Å². The van der Waals surface area contributed by atoms with E-state index in [1.807, 2.05) is 0 Å². The molecular formula is C22H29FN4O4S. The Morgan fingerprint density at radius 3 is 2.50 bits per heavy atom. The SMILES string of the molecule is CCN(CC)S(=O)(=O)c1ccc(=O)n(CC(=O)NCC2CCN(c3ccc(F)cc3)C2)c1. The first-order valence-corrected chi connectivity index (χ1v) is 12.2. The number of hydrogen-bond acceptors (Lipinski definition) is 5. The van der Waals surface area contributed by atoms with Crippen LogP contribution < -0.4 is 15.8 Å². The van der Waals surface area contributed by atoms with Crippen LogP contribution >= 0.6 is 0 Å². The van der Waals surface area contributed by atoms with E-state index < -0.39 is 15.6 Å². The summed E-state index contributed by atoms with van der Waals surface area (Å²) in [4.78, 5) is 26.7. The molecule has 0 radical (unpaired) electrons. The second-order valence-electron chi connectivity index (χ2n) is 7.80. The van der Waals surface area contributed by atoms with Gasteiger partial charge in [-0.1, -0.05) is 13.8 Å². The number of halogens is 1. The molecule has 8 nitrogen and oxygen atoms in total. The second kappa shape index (κ2) is 10.3. The average molecular weight is 465 g/mol. The number of sulfonamides is 1. The van der Waals surface area contributed by atoms with Gasteiger partial charge in [0.2, 0.25) is 15.9 Å². The zero-order chi connectivity index (χ0) is 23.3. The number of hydrogen-bond donors (Lipinski definition) is 1. The Balaban J connectivity index is 1.58. The Morgan fingerprint density at radius 1 is 1.16 bits per heavy atom.